The predicted octanol–water partition coefficient (Wildman–Crippen LogP) is 3.05. The van der Waals surface area contributed by atoms with E-state index >= 15 is 0 Å². The normalized spacial score (nSPS) is 21.7. The summed E-state index contributed by atoms with van der Waals surface area (Å²) in [6, 6.07) is 9.65. The molecule has 0 spiro atoms. The van der Waals surface area contributed by atoms with E-state index in [1.165, 1.54) is 62.9 Å². The zero-order chi connectivity index (χ0) is 18.2. The molecule has 0 bridgehead atoms. The third kappa shape index (κ3) is 7.23. The molecule has 1 aromatic carbocycles. The average molecular weight is 485 g/mol. The molecule has 5 nitrogen and oxygen atoms in total. The van der Waals surface area contributed by atoms with Crippen LogP contribution < -0.4 is 10.6 Å². The van der Waals surface area contributed by atoms with Crippen LogP contribution in [0.15, 0.2) is 29.3 Å². The van der Waals surface area contributed by atoms with Gasteiger partial charge < -0.3 is 15.5 Å². The molecule has 152 valence electrons. The number of piperidine rings is 1. The summed E-state index contributed by atoms with van der Waals surface area (Å²) in [5.41, 5.74) is 2.72. The van der Waals surface area contributed by atoms with Gasteiger partial charge in [-0.3, -0.25) is 9.89 Å². The van der Waals surface area contributed by atoms with Crippen LogP contribution in [0.5, 0.6) is 0 Å². The van der Waals surface area contributed by atoms with E-state index in [-0.39, 0.29) is 24.0 Å². The SMILES string of the molecule is CN=C(NCc1ccc(CN2CCCCC2)cc1)NCC1CCCN1C.I. The summed E-state index contributed by atoms with van der Waals surface area (Å²) in [4.78, 5) is 9.36. The van der Waals surface area contributed by atoms with E-state index in [4.69, 9.17) is 0 Å². The lowest BCUT2D eigenvalue weighted by molar-refractivity contribution is 0.221. The van der Waals surface area contributed by atoms with Gasteiger partial charge in [0.25, 0.3) is 0 Å². The highest BCUT2D eigenvalue weighted by atomic mass is 127. The molecule has 0 amide bonds. The van der Waals surface area contributed by atoms with Gasteiger partial charge in [-0.25, -0.2) is 0 Å². The molecule has 2 fully saturated rings. The summed E-state index contributed by atoms with van der Waals surface area (Å²) in [5.74, 6) is 0.891. The first kappa shape index (κ1) is 22.4. The maximum atomic E-state index is 4.35. The zero-order valence-electron chi connectivity index (χ0n) is 16.9. The maximum absolute atomic E-state index is 4.35. The standard InChI is InChI=1S/C21H35N5.HI/c1-22-21(24-16-20-7-6-12-25(20)2)23-15-18-8-10-19(11-9-18)17-26-13-4-3-5-14-26;/h8-11,20H,3-7,12-17H2,1-2H3,(H2,22,23,24);1H. The molecule has 27 heavy (non-hydrogen) atoms. The highest BCUT2D eigenvalue weighted by Gasteiger charge is 2.20. The average Bonchev–Trinajstić information content (AvgIpc) is 3.09. The van der Waals surface area contributed by atoms with Crippen molar-refractivity contribution in [1.29, 1.82) is 0 Å². The van der Waals surface area contributed by atoms with Crippen LogP contribution in [0.1, 0.15) is 43.2 Å². The van der Waals surface area contributed by atoms with E-state index in [1.807, 2.05) is 7.05 Å². The fourth-order valence-corrected chi connectivity index (χ4v) is 4.00. The quantitative estimate of drug-likeness (QED) is 0.370. The number of aliphatic imine (C=N–C) groups is 1. The molecule has 0 saturated carbocycles. The minimum Gasteiger partial charge on any atom is -0.355 e. The Bertz CT molecular complexity index is 568. The van der Waals surface area contributed by atoms with Crippen molar-refractivity contribution in [3.63, 3.8) is 0 Å². The van der Waals surface area contributed by atoms with Gasteiger partial charge in [0.2, 0.25) is 0 Å². The van der Waals surface area contributed by atoms with Gasteiger partial charge in [0, 0.05) is 32.7 Å². The molecular formula is C21H36IN5. The molecule has 0 radical (unpaired) electrons. The van der Waals surface area contributed by atoms with Crippen molar-refractivity contribution >= 4 is 29.9 Å². The third-order valence-electron chi connectivity index (χ3n) is 5.74. The number of likely N-dealkylation sites (N-methyl/N-ethyl adjacent to an activating group) is 1. The van der Waals surface area contributed by atoms with E-state index in [9.17, 15) is 0 Å². The first-order valence-corrected chi connectivity index (χ1v) is 10.2. The summed E-state index contributed by atoms with van der Waals surface area (Å²) in [7, 11) is 4.05. The van der Waals surface area contributed by atoms with Crippen LogP contribution in [0.3, 0.4) is 0 Å². The Labute approximate surface area is 182 Å². The van der Waals surface area contributed by atoms with Crippen molar-refractivity contribution in [3.05, 3.63) is 35.4 Å². The summed E-state index contributed by atoms with van der Waals surface area (Å²) < 4.78 is 0. The van der Waals surface area contributed by atoms with Gasteiger partial charge in [0.1, 0.15) is 0 Å². The highest BCUT2D eigenvalue weighted by Crippen LogP contribution is 2.14. The molecule has 0 aliphatic carbocycles. The molecule has 1 unspecified atom stereocenters. The molecule has 1 atom stereocenters. The molecule has 2 heterocycles. The molecule has 1 aromatic rings. The monoisotopic (exact) mass is 485 g/mol. The van der Waals surface area contributed by atoms with E-state index in [0.29, 0.717) is 6.04 Å². The van der Waals surface area contributed by atoms with Crippen molar-refractivity contribution in [2.75, 3.05) is 40.3 Å². The lowest BCUT2D eigenvalue weighted by Gasteiger charge is -2.26. The molecule has 0 aromatic heterocycles. The van der Waals surface area contributed by atoms with Gasteiger partial charge in [0.05, 0.1) is 0 Å². The number of benzene rings is 1. The van der Waals surface area contributed by atoms with E-state index in [1.54, 1.807) is 0 Å². The van der Waals surface area contributed by atoms with Crippen LogP contribution in [-0.4, -0.2) is 62.1 Å². The molecule has 6 heteroatoms. The van der Waals surface area contributed by atoms with Crippen molar-refractivity contribution in [1.82, 2.24) is 20.4 Å². The van der Waals surface area contributed by atoms with Crippen molar-refractivity contribution in [3.8, 4) is 0 Å². The van der Waals surface area contributed by atoms with Crippen molar-refractivity contribution < 1.29 is 0 Å². The van der Waals surface area contributed by atoms with Crippen molar-refractivity contribution in [2.45, 2.75) is 51.2 Å². The number of likely N-dealkylation sites (tertiary alicyclic amines) is 2. The second kappa shape index (κ2) is 11.9. The smallest absolute Gasteiger partial charge is 0.191 e. The van der Waals surface area contributed by atoms with Crippen LogP contribution in [0.25, 0.3) is 0 Å². The first-order valence-electron chi connectivity index (χ1n) is 10.2. The molecular weight excluding hydrogens is 449 g/mol. The Morgan fingerprint density at radius 1 is 1.00 bits per heavy atom. The number of nitrogens with zero attached hydrogens (tertiary/aromatic N) is 3. The number of guanidine groups is 1. The fraction of sp³-hybridized carbons (Fsp3) is 0.667. The summed E-state index contributed by atoms with van der Waals surface area (Å²) in [5, 5.41) is 6.90. The third-order valence-corrected chi connectivity index (χ3v) is 5.74. The Kier molecular flexibility index (Phi) is 9.86. The van der Waals surface area contributed by atoms with Gasteiger partial charge in [-0.15, -0.1) is 24.0 Å². The second-order valence-electron chi connectivity index (χ2n) is 7.74. The molecule has 3 rings (SSSR count). The van der Waals surface area contributed by atoms with Crippen LogP contribution >= 0.6 is 24.0 Å². The van der Waals surface area contributed by atoms with Gasteiger partial charge in [-0.05, 0) is 63.5 Å². The van der Waals surface area contributed by atoms with E-state index in [2.05, 4.69) is 56.7 Å². The molecule has 2 aliphatic rings. The molecule has 2 aliphatic heterocycles. The molecule has 2 N–H and O–H groups in total. The Hall–Kier alpha value is -0.860. The summed E-state index contributed by atoms with van der Waals surface area (Å²) in [6.45, 7) is 6.58. The van der Waals surface area contributed by atoms with Gasteiger partial charge in [-0.1, -0.05) is 30.7 Å². The van der Waals surface area contributed by atoms with Crippen molar-refractivity contribution in [2.24, 2.45) is 4.99 Å². The second-order valence-corrected chi connectivity index (χ2v) is 7.74. The molecule has 2 saturated heterocycles. The maximum Gasteiger partial charge on any atom is 0.191 e. The minimum atomic E-state index is 0. The van der Waals surface area contributed by atoms with Crippen LogP contribution in [0, 0.1) is 0 Å². The highest BCUT2D eigenvalue weighted by molar-refractivity contribution is 14.0. The van der Waals surface area contributed by atoms with E-state index < -0.39 is 0 Å². The van der Waals surface area contributed by atoms with E-state index in [0.717, 1.165) is 25.6 Å². The fourth-order valence-electron chi connectivity index (χ4n) is 4.00. The van der Waals surface area contributed by atoms with Crippen LogP contribution in [0.2, 0.25) is 0 Å². The van der Waals surface area contributed by atoms with Crippen LogP contribution in [0.4, 0.5) is 0 Å². The topological polar surface area (TPSA) is 42.9 Å². The van der Waals surface area contributed by atoms with Gasteiger partial charge in [-0.2, -0.15) is 0 Å². The summed E-state index contributed by atoms with van der Waals surface area (Å²) in [6.07, 6.45) is 6.68. The Morgan fingerprint density at radius 3 is 2.33 bits per heavy atom. The summed E-state index contributed by atoms with van der Waals surface area (Å²) >= 11 is 0. The number of rotatable bonds is 6. The zero-order valence-corrected chi connectivity index (χ0v) is 19.2. The lowest BCUT2D eigenvalue weighted by atomic mass is 10.1. The lowest BCUT2D eigenvalue weighted by Crippen LogP contribution is -2.43. The largest absolute Gasteiger partial charge is 0.355 e. The van der Waals surface area contributed by atoms with Gasteiger partial charge in [0.15, 0.2) is 5.96 Å². The number of halogens is 1. The first-order chi connectivity index (χ1) is 12.7. The number of hydrogen-bond acceptors (Lipinski definition) is 3. The minimum absolute atomic E-state index is 0. The predicted molar refractivity (Wildman–Crippen MR) is 125 cm³/mol. The van der Waals surface area contributed by atoms with Crippen LogP contribution in [-0.2, 0) is 13.1 Å². The Morgan fingerprint density at radius 2 is 1.70 bits per heavy atom. The number of hydrogen-bond donors (Lipinski definition) is 2. The van der Waals surface area contributed by atoms with Gasteiger partial charge >= 0.3 is 0 Å². The Balaban J connectivity index is 0.00000261. The number of nitrogens with one attached hydrogen (secondary N) is 2.